The lowest BCUT2D eigenvalue weighted by Gasteiger charge is -2.30. The molecule has 6 nitrogen and oxygen atoms in total. The van der Waals surface area contributed by atoms with Gasteiger partial charge in [0.2, 0.25) is 11.8 Å². The summed E-state index contributed by atoms with van der Waals surface area (Å²) in [6.07, 6.45) is 4.32. The van der Waals surface area contributed by atoms with E-state index in [0.29, 0.717) is 30.1 Å². The summed E-state index contributed by atoms with van der Waals surface area (Å²) in [5.41, 5.74) is 1.42. The molecule has 23 heavy (non-hydrogen) atoms. The Morgan fingerprint density at radius 2 is 2.09 bits per heavy atom. The number of benzene rings is 1. The van der Waals surface area contributed by atoms with Gasteiger partial charge in [0.15, 0.2) is 0 Å². The van der Waals surface area contributed by atoms with Crippen molar-refractivity contribution in [2.45, 2.75) is 12.8 Å². The van der Waals surface area contributed by atoms with Gasteiger partial charge in [-0.25, -0.2) is 0 Å². The van der Waals surface area contributed by atoms with E-state index in [1.807, 2.05) is 0 Å². The van der Waals surface area contributed by atoms with Crippen LogP contribution < -0.4 is 10.2 Å². The molecule has 1 aromatic heterocycles. The predicted molar refractivity (Wildman–Crippen MR) is 88.4 cm³/mol. The van der Waals surface area contributed by atoms with Crippen molar-refractivity contribution in [3.05, 3.63) is 41.7 Å². The molecule has 2 aromatic rings. The van der Waals surface area contributed by atoms with Gasteiger partial charge in [-0.1, -0.05) is 11.6 Å². The van der Waals surface area contributed by atoms with Gasteiger partial charge in [-0.15, -0.1) is 0 Å². The van der Waals surface area contributed by atoms with Crippen molar-refractivity contribution in [1.29, 1.82) is 0 Å². The number of rotatable bonds is 3. The van der Waals surface area contributed by atoms with Gasteiger partial charge in [0.1, 0.15) is 0 Å². The highest BCUT2D eigenvalue weighted by Crippen LogP contribution is 2.25. The molecule has 0 radical (unpaired) electrons. The summed E-state index contributed by atoms with van der Waals surface area (Å²) in [6.45, 7) is 0.365. The zero-order valence-corrected chi connectivity index (χ0v) is 13.5. The lowest BCUT2D eigenvalue weighted by Crippen LogP contribution is -2.44. The molecule has 1 atom stereocenters. The van der Waals surface area contributed by atoms with E-state index in [4.69, 9.17) is 11.6 Å². The van der Waals surface area contributed by atoms with Gasteiger partial charge in [-0.05, 0) is 30.7 Å². The Morgan fingerprint density at radius 3 is 2.74 bits per heavy atom. The van der Waals surface area contributed by atoms with Crippen LogP contribution in [-0.4, -0.2) is 28.1 Å². The molecule has 1 aromatic carbocycles. The van der Waals surface area contributed by atoms with E-state index in [0.717, 1.165) is 5.69 Å². The summed E-state index contributed by atoms with van der Waals surface area (Å²) in [5.74, 6) is -0.314. The Balaban J connectivity index is 1.69. The Morgan fingerprint density at radius 1 is 1.35 bits per heavy atom. The average molecular weight is 333 g/mol. The van der Waals surface area contributed by atoms with Gasteiger partial charge in [0, 0.05) is 36.9 Å². The third-order valence-corrected chi connectivity index (χ3v) is 4.15. The lowest BCUT2D eigenvalue weighted by atomic mass is 9.96. The zero-order valence-electron chi connectivity index (χ0n) is 12.7. The summed E-state index contributed by atoms with van der Waals surface area (Å²) in [4.78, 5) is 26.2. The maximum absolute atomic E-state index is 12.4. The van der Waals surface area contributed by atoms with Crippen LogP contribution in [0.1, 0.15) is 12.8 Å². The van der Waals surface area contributed by atoms with Crippen molar-refractivity contribution in [3.8, 4) is 0 Å². The predicted octanol–water partition coefficient (Wildman–Crippen LogP) is 2.46. The Kier molecular flexibility index (Phi) is 4.34. The normalized spacial score (nSPS) is 18.1. The summed E-state index contributed by atoms with van der Waals surface area (Å²) < 4.78 is 1.64. The lowest BCUT2D eigenvalue weighted by molar-refractivity contribution is -0.124. The molecular formula is C16H17ClN4O2. The maximum Gasteiger partial charge on any atom is 0.229 e. The van der Waals surface area contributed by atoms with Gasteiger partial charge in [-0.3, -0.25) is 14.3 Å². The van der Waals surface area contributed by atoms with E-state index < -0.39 is 0 Å². The van der Waals surface area contributed by atoms with E-state index in [1.54, 1.807) is 53.3 Å². The number of hydrogen-bond acceptors (Lipinski definition) is 3. The van der Waals surface area contributed by atoms with Crippen molar-refractivity contribution in [3.63, 3.8) is 0 Å². The molecule has 1 N–H and O–H groups in total. The monoisotopic (exact) mass is 332 g/mol. The van der Waals surface area contributed by atoms with Crippen LogP contribution in [0.25, 0.3) is 0 Å². The molecule has 1 saturated heterocycles. The molecule has 1 fully saturated rings. The minimum atomic E-state index is -0.247. The number of amides is 2. The third-order valence-electron chi connectivity index (χ3n) is 3.90. The molecule has 2 amide bonds. The minimum absolute atomic E-state index is 0.0218. The van der Waals surface area contributed by atoms with Crippen LogP contribution >= 0.6 is 11.6 Å². The fraction of sp³-hybridized carbons (Fsp3) is 0.312. The maximum atomic E-state index is 12.4. The average Bonchev–Trinajstić information content (AvgIpc) is 2.96. The third kappa shape index (κ3) is 3.53. The highest BCUT2D eigenvalue weighted by molar-refractivity contribution is 6.30. The number of nitrogens with zero attached hydrogens (tertiary/aromatic N) is 3. The van der Waals surface area contributed by atoms with Gasteiger partial charge in [-0.2, -0.15) is 5.10 Å². The number of aryl methyl sites for hydroxylation is 1. The number of carbonyl (C=O) groups is 2. The van der Waals surface area contributed by atoms with Crippen LogP contribution in [0, 0.1) is 5.92 Å². The number of piperidine rings is 1. The van der Waals surface area contributed by atoms with Crippen LogP contribution in [0.15, 0.2) is 36.7 Å². The molecule has 120 valence electrons. The molecule has 2 heterocycles. The standard InChI is InChI=1S/C16H17ClN4O2/c1-20-10-14(8-18-20)21-9-11(2-7-15(21)22)16(23)19-13-5-3-12(17)4-6-13/h3-6,8,10-11H,2,7,9H2,1H3,(H,19,23). The van der Waals surface area contributed by atoms with E-state index in [-0.39, 0.29) is 17.7 Å². The second kappa shape index (κ2) is 6.42. The number of anilines is 2. The van der Waals surface area contributed by atoms with Crippen molar-refractivity contribution >= 4 is 34.8 Å². The Hall–Kier alpha value is -2.34. The highest BCUT2D eigenvalue weighted by atomic mass is 35.5. The Bertz CT molecular complexity index is 726. The van der Waals surface area contributed by atoms with E-state index in [1.165, 1.54) is 0 Å². The van der Waals surface area contributed by atoms with Crippen molar-refractivity contribution in [2.75, 3.05) is 16.8 Å². The van der Waals surface area contributed by atoms with Gasteiger partial charge < -0.3 is 10.2 Å². The molecule has 1 aliphatic heterocycles. The minimum Gasteiger partial charge on any atom is -0.326 e. The largest absolute Gasteiger partial charge is 0.326 e. The van der Waals surface area contributed by atoms with Crippen LogP contribution in [0.5, 0.6) is 0 Å². The van der Waals surface area contributed by atoms with Crippen LogP contribution in [0.3, 0.4) is 0 Å². The second-order valence-electron chi connectivity index (χ2n) is 5.61. The Labute approximate surface area is 139 Å². The molecule has 0 aliphatic carbocycles. The molecule has 1 aliphatic rings. The quantitative estimate of drug-likeness (QED) is 0.938. The highest BCUT2D eigenvalue weighted by Gasteiger charge is 2.31. The number of carbonyl (C=O) groups excluding carboxylic acids is 2. The van der Waals surface area contributed by atoms with Crippen molar-refractivity contribution in [2.24, 2.45) is 13.0 Å². The first kappa shape index (κ1) is 15.6. The van der Waals surface area contributed by atoms with Gasteiger partial charge in [0.25, 0.3) is 0 Å². The summed E-state index contributed by atoms with van der Waals surface area (Å²) in [7, 11) is 1.79. The number of hydrogen-bond donors (Lipinski definition) is 1. The summed E-state index contributed by atoms with van der Waals surface area (Å²) in [5, 5.41) is 7.58. The molecule has 1 unspecified atom stereocenters. The molecule has 7 heteroatoms. The van der Waals surface area contributed by atoms with Crippen LogP contribution in [0.4, 0.5) is 11.4 Å². The first-order valence-electron chi connectivity index (χ1n) is 7.38. The number of halogens is 1. The molecule has 0 saturated carbocycles. The van der Waals surface area contributed by atoms with Gasteiger partial charge >= 0.3 is 0 Å². The SMILES string of the molecule is Cn1cc(N2CC(C(=O)Nc3ccc(Cl)cc3)CCC2=O)cn1. The fourth-order valence-electron chi connectivity index (χ4n) is 2.63. The molecular weight excluding hydrogens is 316 g/mol. The number of nitrogens with one attached hydrogen (secondary N) is 1. The van der Waals surface area contributed by atoms with Crippen LogP contribution in [0.2, 0.25) is 5.02 Å². The van der Waals surface area contributed by atoms with E-state index in [2.05, 4.69) is 10.4 Å². The van der Waals surface area contributed by atoms with E-state index >= 15 is 0 Å². The first-order chi connectivity index (χ1) is 11.0. The molecule has 0 bridgehead atoms. The second-order valence-corrected chi connectivity index (χ2v) is 6.04. The summed E-state index contributed by atoms with van der Waals surface area (Å²) in [6, 6.07) is 6.97. The van der Waals surface area contributed by atoms with Crippen LogP contribution in [-0.2, 0) is 16.6 Å². The fourth-order valence-corrected chi connectivity index (χ4v) is 2.76. The number of aromatic nitrogens is 2. The first-order valence-corrected chi connectivity index (χ1v) is 7.76. The zero-order chi connectivity index (χ0) is 16.4. The van der Waals surface area contributed by atoms with Crippen molar-refractivity contribution < 1.29 is 9.59 Å². The smallest absolute Gasteiger partial charge is 0.229 e. The van der Waals surface area contributed by atoms with Gasteiger partial charge in [0.05, 0.1) is 17.8 Å². The summed E-state index contributed by atoms with van der Waals surface area (Å²) >= 11 is 5.84. The topological polar surface area (TPSA) is 67.2 Å². The van der Waals surface area contributed by atoms with Crippen molar-refractivity contribution in [1.82, 2.24) is 9.78 Å². The van der Waals surface area contributed by atoms with E-state index in [9.17, 15) is 9.59 Å². The molecule has 3 rings (SSSR count). The molecule has 0 spiro atoms.